The Balaban J connectivity index is 2.36. The molecule has 1 atom stereocenters. The maximum Gasteiger partial charge on any atom is 0.165 e. The molecule has 4 heteroatoms. The van der Waals surface area contributed by atoms with Crippen LogP contribution in [0.1, 0.15) is 24.8 Å². The van der Waals surface area contributed by atoms with Gasteiger partial charge in [-0.1, -0.05) is 6.07 Å². The lowest BCUT2D eigenvalue weighted by atomic mass is 9.76. The van der Waals surface area contributed by atoms with Crippen LogP contribution in [0.2, 0.25) is 0 Å². The highest BCUT2D eigenvalue weighted by molar-refractivity contribution is 5.38. The van der Waals surface area contributed by atoms with Crippen LogP contribution in [-0.2, 0) is 5.41 Å². The fraction of sp³-hybridized carbons (Fsp3) is 0.533. The second-order valence-corrected chi connectivity index (χ2v) is 5.20. The molecule has 0 radical (unpaired) electrons. The molecule has 0 spiro atoms. The largest absolute Gasteiger partial charge is 0.494 e. The van der Waals surface area contributed by atoms with Crippen molar-refractivity contribution in [2.24, 2.45) is 0 Å². The van der Waals surface area contributed by atoms with Crippen LogP contribution in [0.3, 0.4) is 0 Å². The molecule has 0 bridgehead atoms. The Hall–Kier alpha value is -1.60. The molecule has 1 heterocycles. The SMILES string of the molecule is COc1ccc(C2(C#N)CCCN(C)CC2)cc1F. The van der Waals surface area contributed by atoms with E-state index in [1.54, 1.807) is 6.07 Å². The first-order chi connectivity index (χ1) is 9.11. The smallest absolute Gasteiger partial charge is 0.165 e. The van der Waals surface area contributed by atoms with Gasteiger partial charge in [0.25, 0.3) is 0 Å². The van der Waals surface area contributed by atoms with Crippen molar-refractivity contribution >= 4 is 0 Å². The number of hydrogen-bond donors (Lipinski definition) is 0. The van der Waals surface area contributed by atoms with Gasteiger partial charge >= 0.3 is 0 Å². The summed E-state index contributed by atoms with van der Waals surface area (Å²) in [6.07, 6.45) is 2.48. The van der Waals surface area contributed by atoms with Gasteiger partial charge in [0.2, 0.25) is 0 Å². The van der Waals surface area contributed by atoms with E-state index in [9.17, 15) is 9.65 Å². The van der Waals surface area contributed by atoms with Crippen LogP contribution in [0.25, 0.3) is 0 Å². The summed E-state index contributed by atoms with van der Waals surface area (Å²) in [7, 11) is 3.50. The van der Waals surface area contributed by atoms with Crippen molar-refractivity contribution in [1.29, 1.82) is 5.26 Å². The lowest BCUT2D eigenvalue weighted by molar-refractivity contribution is 0.342. The average Bonchev–Trinajstić information content (AvgIpc) is 2.61. The molecule has 0 aliphatic carbocycles. The zero-order valence-electron chi connectivity index (χ0n) is 11.4. The van der Waals surface area contributed by atoms with E-state index in [1.807, 2.05) is 6.07 Å². The summed E-state index contributed by atoms with van der Waals surface area (Å²) in [5, 5.41) is 9.60. The highest BCUT2D eigenvalue weighted by Gasteiger charge is 2.34. The van der Waals surface area contributed by atoms with Crippen LogP contribution in [0.5, 0.6) is 5.75 Å². The third-order valence-corrected chi connectivity index (χ3v) is 3.98. The predicted molar refractivity (Wildman–Crippen MR) is 71.6 cm³/mol. The third-order valence-electron chi connectivity index (χ3n) is 3.98. The molecule has 102 valence electrons. The summed E-state index contributed by atoms with van der Waals surface area (Å²) in [4.78, 5) is 2.22. The molecular formula is C15H19FN2O. The van der Waals surface area contributed by atoms with Crippen molar-refractivity contribution in [3.63, 3.8) is 0 Å². The monoisotopic (exact) mass is 262 g/mol. The Kier molecular flexibility index (Phi) is 4.06. The second-order valence-electron chi connectivity index (χ2n) is 5.20. The Morgan fingerprint density at radius 3 is 2.79 bits per heavy atom. The molecule has 0 aromatic heterocycles. The summed E-state index contributed by atoms with van der Waals surface area (Å²) in [5.74, 6) is -0.171. The third kappa shape index (κ3) is 2.71. The minimum Gasteiger partial charge on any atom is -0.494 e. The van der Waals surface area contributed by atoms with E-state index in [4.69, 9.17) is 4.74 Å². The molecule has 3 nitrogen and oxygen atoms in total. The molecule has 1 fully saturated rings. The summed E-state index contributed by atoms with van der Waals surface area (Å²) in [6.45, 7) is 1.85. The van der Waals surface area contributed by atoms with E-state index in [0.29, 0.717) is 0 Å². The van der Waals surface area contributed by atoms with Gasteiger partial charge < -0.3 is 9.64 Å². The number of rotatable bonds is 2. The average molecular weight is 262 g/mol. The van der Waals surface area contributed by atoms with Gasteiger partial charge in [0.15, 0.2) is 11.6 Å². The van der Waals surface area contributed by atoms with E-state index in [2.05, 4.69) is 18.0 Å². The predicted octanol–water partition coefficient (Wildman–Crippen LogP) is 2.71. The maximum absolute atomic E-state index is 13.8. The fourth-order valence-corrected chi connectivity index (χ4v) is 2.70. The Morgan fingerprint density at radius 1 is 1.37 bits per heavy atom. The molecule has 1 aliphatic rings. The number of hydrogen-bond acceptors (Lipinski definition) is 3. The summed E-state index contributed by atoms with van der Waals surface area (Å²) in [5.41, 5.74) is 0.196. The lowest BCUT2D eigenvalue weighted by Gasteiger charge is -2.25. The van der Waals surface area contributed by atoms with E-state index in [1.165, 1.54) is 13.2 Å². The fourth-order valence-electron chi connectivity index (χ4n) is 2.70. The topological polar surface area (TPSA) is 36.3 Å². The van der Waals surface area contributed by atoms with Crippen molar-refractivity contribution in [2.75, 3.05) is 27.2 Å². The van der Waals surface area contributed by atoms with E-state index in [0.717, 1.165) is 37.9 Å². The normalized spacial score (nSPS) is 24.5. The number of benzene rings is 1. The van der Waals surface area contributed by atoms with Gasteiger partial charge in [-0.3, -0.25) is 0 Å². The summed E-state index contributed by atoms with van der Waals surface area (Å²) >= 11 is 0. The highest BCUT2D eigenvalue weighted by Crippen LogP contribution is 2.36. The molecule has 19 heavy (non-hydrogen) atoms. The first-order valence-corrected chi connectivity index (χ1v) is 6.55. The molecule has 0 N–H and O–H groups in total. The Bertz CT molecular complexity index is 497. The molecular weight excluding hydrogens is 243 g/mol. The quantitative estimate of drug-likeness (QED) is 0.822. The molecule has 0 saturated carbocycles. The molecule has 1 aromatic carbocycles. The second kappa shape index (κ2) is 5.58. The molecule has 1 unspecified atom stereocenters. The number of ether oxygens (including phenoxy) is 1. The first kappa shape index (κ1) is 13.8. The zero-order valence-corrected chi connectivity index (χ0v) is 11.4. The van der Waals surface area contributed by atoms with Crippen molar-refractivity contribution in [2.45, 2.75) is 24.7 Å². The van der Waals surface area contributed by atoms with E-state index < -0.39 is 11.2 Å². The van der Waals surface area contributed by atoms with E-state index in [-0.39, 0.29) is 5.75 Å². The van der Waals surface area contributed by atoms with Crippen molar-refractivity contribution in [1.82, 2.24) is 4.90 Å². The number of halogens is 1. The van der Waals surface area contributed by atoms with Crippen molar-refractivity contribution < 1.29 is 9.13 Å². The van der Waals surface area contributed by atoms with Crippen molar-refractivity contribution in [3.05, 3.63) is 29.6 Å². The van der Waals surface area contributed by atoms with Gasteiger partial charge in [0.1, 0.15) is 0 Å². The minimum atomic E-state index is -0.572. The van der Waals surface area contributed by atoms with Crippen molar-refractivity contribution in [3.8, 4) is 11.8 Å². The summed E-state index contributed by atoms with van der Waals surface area (Å²) < 4.78 is 18.8. The molecule has 2 rings (SSSR count). The molecule has 1 saturated heterocycles. The van der Waals surface area contributed by atoms with Gasteiger partial charge in [-0.25, -0.2) is 4.39 Å². The van der Waals surface area contributed by atoms with Crippen LogP contribution in [0.15, 0.2) is 18.2 Å². The van der Waals surface area contributed by atoms with Crippen LogP contribution in [0, 0.1) is 17.1 Å². The summed E-state index contributed by atoms with van der Waals surface area (Å²) in [6, 6.07) is 7.30. The zero-order chi connectivity index (χ0) is 13.9. The number of nitriles is 1. The van der Waals surface area contributed by atoms with Gasteiger partial charge in [-0.05, 0) is 57.1 Å². The van der Waals surface area contributed by atoms with Crippen LogP contribution in [0.4, 0.5) is 4.39 Å². The standard InChI is InChI=1S/C15H19FN2O/c1-18-8-3-6-15(11-17,7-9-18)12-4-5-14(19-2)13(16)10-12/h4-5,10H,3,6-9H2,1-2H3. The van der Waals surface area contributed by atoms with Crippen LogP contribution < -0.4 is 4.74 Å². The molecule has 1 aliphatic heterocycles. The van der Waals surface area contributed by atoms with Gasteiger partial charge in [-0.2, -0.15) is 5.26 Å². The number of nitrogens with zero attached hydrogens (tertiary/aromatic N) is 2. The van der Waals surface area contributed by atoms with Crippen LogP contribution >= 0.6 is 0 Å². The lowest BCUT2D eigenvalue weighted by Crippen LogP contribution is -2.26. The maximum atomic E-state index is 13.8. The van der Waals surface area contributed by atoms with Crippen LogP contribution in [-0.4, -0.2) is 32.1 Å². The van der Waals surface area contributed by atoms with Gasteiger partial charge in [0.05, 0.1) is 18.6 Å². The Labute approximate surface area is 113 Å². The molecule has 1 aromatic rings. The number of methoxy groups -OCH3 is 1. The van der Waals surface area contributed by atoms with Gasteiger partial charge in [0, 0.05) is 0 Å². The van der Waals surface area contributed by atoms with E-state index >= 15 is 0 Å². The highest BCUT2D eigenvalue weighted by atomic mass is 19.1. The number of likely N-dealkylation sites (tertiary alicyclic amines) is 1. The molecule has 0 amide bonds. The minimum absolute atomic E-state index is 0.225. The Morgan fingerprint density at radius 2 is 2.16 bits per heavy atom. The van der Waals surface area contributed by atoms with Gasteiger partial charge in [-0.15, -0.1) is 0 Å². The first-order valence-electron chi connectivity index (χ1n) is 6.55.